The molecule has 2 aliphatic rings. The first-order chi connectivity index (χ1) is 17.2. The van der Waals surface area contributed by atoms with Crippen LogP contribution in [0, 0.1) is 0 Å². The average molecular weight is 495 g/mol. The van der Waals surface area contributed by atoms with Crippen LogP contribution in [0.3, 0.4) is 0 Å². The summed E-state index contributed by atoms with van der Waals surface area (Å²) in [5.74, 6) is 0.182. The summed E-state index contributed by atoms with van der Waals surface area (Å²) in [6, 6.07) is 7.58. The summed E-state index contributed by atoms with van der Waals surface area (Å²) in [7, 11) is 3.89. The topological polar surface area (TPSA) is 137 Å². The molecule has 5 rings (SSSR count). The number of likely N-dealkylation sites (N-methyl/N-ethyl adjacent to an activating group) is 1. The number of nitrogens with zero attached hydrogens (tertiary/aromatic N) is 7. The fraction of sp³-hybridized carbons (Fsp3) is 0.520. The molecule has 1 amide bonds. The number of aromatic nitrogens is 4. The van der Waals surface area contributed by atoms with Crippen molar-refractivity contribution >= 4 is 28.6 Å². The number of aliphatic hydroxyl groups excluding tert-OH is 1. The molecule has 0 bridgehead atoms. The van der Waals surface area contributed by atoms with E-state index in [1.165, 1.54) is 6.33 Å². The van der Waals surface area contributed by atoms with Gasteiger partial charge in [0.15, 0.2) is 11.5 Å². The first-order valence-corrected chi connectivity index (χ1v) is 12.4. The monoisotopic (exact) mass is 494 g/mol. The highest BCUT2D eigenvalue weighted by Gasteiger charge is 2.43. The Balaban J connectivity index is 1.22. The summed E-state index contributed by atoms with van der Waals surface area (Å²) in [6.07, 6.45) is 3.07. The predicted molar refractivity (Wildman–Crippen MR) is 137 cm³/mol. The van der Waals surface area contributed by atoms with Gasteiger partial charge in [-0.3, -0.25) is 4.79 Å². The molecule has 1 aromatic carbocycles. The van der Waals surface area contributed by atoms with E-state index in [2.05, 4.69) is 31.8 Å². The fourth-order valence-electron chi connectivity index (χ4n) is 5.27. The number of anilines is 2. The zero-order chi connectivity index (χ0) is 25.4. The van der Waals surface area contributed by atoms with Gasteiger partial charge < -0.3 is 35.2 Å². The lowest BCUT2D eigenvalue weighted by Gasteiger charge is -2.43. The van der Waals surface area contributed by atoms with Crippen molar-refractivity contribution in [3.63, 3.8) is 0 Å². The zero-order valence-electron chi connectivity index (χ0n) is 20.8. The summed E-state index contributed by atoms with van der Waals surface area (Å²) in [6.45, 7) is 4.13. The van der Waals surface area contributed by atoms with Crippen molar-refractivity contribution in [2.45, 2.75) is 43.6 Å². The van der Waals surface area contributed by atoms with Crippen LogP contribution in [0.1, 0.15) is 29.6 Å². The molecule has 0 radical (unpaired) electrons. The fourth-order valence-corrected chi connectivity index (χ4v) is 5.27. The highest BCUT2D eigenvalue weighted by molar-refractivity contribution is 5.94. The molecule has 3 aromatic rings. The Morgan fingerprint density at radius 1 is 1.17 bits per heavy atom. The summed E-state index contributed by atoms with van der Waals surface area (Å²) in [4.78, 5) is 31.9. The van der Waals surface area contributed by atoms with E-state index in [1.54, 1.807) is 22.8 Å². The molecule has 1 saturated heterocycles. The lowest BCUT2D eigenvalue weighted by Crippen LogP contribution is -2.54. The van der Waals surface area contributed by atoms with Crippen molar-refractivity contribution in [1.82, 2.24) is 29.3 Å². The van der Waals surface area contributed by atoms with E-state index < -0.39 is 11.7 Å². The zero-order valence-corrected chi connectivity index (χ0v) is 20.8. The number of hydrogen-bond donors (Lipinski definition) is 3. The molecule has 1 saturated carbocycles. The smallest absolute Gasteiger partial charge is 0.253 e. The number of piperazine rings is 1. The van der Waals surface area contributed by atoms with Crippen LogP contribution in [-0.4, -0.2) is 103 Å². The van der Waals surface area contributed by atoms with Crippen LogP contribution >= 0.6 is 0 Å². The number of nitrogen functional groups attached to an aromatic ring is 1. The van der Waals surface area contributed by atoms with Crippen LogP contribution < -0.4 is 10.6 Å². The van der Waals surface area contributed by atoms with Gasteiger partial charge in [-0.1, -0.05) is 0 Å². The second-order valence-electron chi connectivity index (χ2n) is 10.1. The molecule has 11 nitrogen and oxygen atoms in total. The van der Waals surface area contributed by atoms with Gasteiger partial charge in [-0.05, 0) is 50.6 Å². The first kappa shape index (κ1) is 24.4. The molecular weight excluding hydrogens is 460 g/mol. The highest BCUT2D eigenvalue weighted by Crippen LogP contribution is 2.34. The molecule has 2 fully saturated rings. The minimum absolute atomic E-state index is 0.0876. The Hall–Kier alpha value is -3.28. The summed E-state index contributed by atoms with van der Waals surface area (Å²) < 4.78 is 1.69. The number of imidazole rings is 1. The Morgan fingerprint density at radius 3 is 2.58 bits per heavy atom. The van der Waals surface area contributed by atoms with Crippen LogP contribution in [-0.2, 0) is 6.54 Å². The van der Waals surface area contributed by atoms with E-state index in [9.17, 15) is 15.0 Å². The Kier molecular flexibility index (Phi) is 6.54. The van der Waals surface area contributed by atoms with Gasteiger partial charge in [-0.15, -0.1) is 0 Å². The third-order valence-corrected chi connectivity index (χ3v) is 7.75. The number of fused-ring (bicyclic) bond motifs is 1. The maximum Gasteiger partial charge on any atom is 0.253 e. The van der Waals surface area contributed by atoms with Crippen LogP contribution in [0.2, 0.25) is 0 Å². The molecule has 192 valence electrons. The van der Waals surface area contributed by atoms with E-state index in [1.807, 2.05) is 24.3 Å². The number of carbonyl (C=O) groups is 1. The number of hydrogen-bond acceptors (Lipinski definition) is 9. The molecule has 11 heteroatoms. The third-order valence-electron chi connectivity index (χ3n) is 7.75. The number of aliphatic hydroxyl groups is 2. The van der Waals surface area contributed by atoms with E-state index in [-0.39, 0.29) is 30.7 Å². The molecule has 0 unspecified atom stereocenters. The van der Waals surface area contributed by atoms with Gasteiger partial charge in [-0.25, -0.2) is 15.0 Å². The maximum atomic E-state index is 13.2. The molecule has 1 aliphatic carbocycles. The number of amides is 1. The highest BCUT2D eigenvalue weighted by atomic mass is 16.3. The molecule has 3 heterocycles. The molecular formula is C25H34N8O3. The van der Waals surface area contributed by atoms with E-state index in [0.29, 0.717) is 29.6 Å². The van der Waals surface area contributed by atoms with Crippen molar-refractivity contribution in [1.29, 1.82) is 0 Å². The van der Waals surface area contributed by atoms with Crippen molar-refractivity contribution in [3.05, 3.63) is 42.5 Å². The minimum atomic E-state index is -1.36. The number of carbonyl (C=O) groups excluding carboxylic acids is 1. The second-order valence-corrected chi connectivity index (χ2v) is 10.1. The van der Waals surface area contributed by atoms with Gasteiger partial charge in [-0.2, -0.15) is 0 Å². The molecule has 0 spiro atoms. The first-order valence-electron chi connectivity index (χ1n) is 12.4. The number of nitrogens with two attached hydrogens (primary N) is 1. The maximum absolute atomic E-state index is 13.2. The Morgan fingerprint density at radius 2 is 1.89 bits per heavy atom. The van der Waals surface area contributed by atoms with Gasteiger partial charge in [0.05, 0.1) is 19.0 Å². The summed E-state index contributed by atoms with van der Waals surface area (Å²) in [5.41, 5.74) is 7.22. The average Bonchev–Trinajstić information content (AvgIpc) is 3.29. The van der Waals surface area contributed by atoms with E-state index in [4.69, 9.17) is 5.73 Å². The molecule has 2 aromatic heterocycles. The predicted octanol–water partition coefficient (Wildman–Crippen LogP) is 0.577. The quantitative estimate of drug-likeness (QED) is 0.465. The number of rotatable bonds is 5. The standard InChI is InChI=1S/C25H34N8O3/c1-30-9-11-32(12-10-30)18-5-3-17(4-6-18)24(35)31(2)19-7-8-25(36,20(34)13-19)14-33-16-29-21-22(26)27-15-28-23(21)33/h3-6,15-16,19-20,34,36H,7-14H2,1-2H3,(H2,26,27,28)/t19-,20+,25+/m0/s1. The van der Waals surface area contributed by atoms with E-state index >= 15 is 0 Å². The third kappa shape index (κ3) is 4.61. The minimum Gasteiger partial charge on any atom is -0.390 e. The van der Waals surface area contributed by atoms with Crippen LogP contribution in [0.5, 0.6) is 0 Å². The lowest BCUT2D eigenvalue weighted by molar-refractivity contribution is -0.121. The van der Waals surface area contributed by atoms with Crippen molar-refractivity contribution in [3.8, 4) is 0 Å². The van der Waals surface area contributed by atoms with Gasteiger partial charge in [0.1, 0.15) is 17.4 Å². The van der Waals surface area contributed by atoms with E-state index in [0.717, 1.165) is 31.9 Å². The molecule has 1 aliphatic heterocycles. The van der Waals surface area contributed by atoms with Gasteiger partial charge in [0.2, 0.25) is 0 Å². The van der Waals surface area contributed by atoms with Crippen LogP contribution in [0.25, 0.3) is 11.2 Å². The van der Waals surface area contributed by atoms with Crippen molar-refractivity contribution in [2.24, 2.45) is 0 Å². The van der Waals surface area contributed by atoms with Gasteiger partial charge >= 0.3 is 0 Å². The molecule has 4 N–H and O–H groups in total. The summed E-state index contributed by atoms with van der Waals surface area (Å²) >= 11 is 0. The largest absolute Gasteiger partial charge is 0.390 e. The SMILES string of the molecule is CN1CCN(c2ccc(C(=O)N(C)[C@H]3CC[C@@](O)(Cn4cnc5c(N)ncnc54)[C@H](O)C3)cc2)CC1. The van der Waals surface area contributed by atoms with Gasteiger partial charge in [0, 0.05) is 50.5 Å². The number of benzene rings is 1. The Labute approximate surface area is 210 Å². The van der Waals surface area contributed by atoms with Crippen LogP contribution in [0.15, 0.2) is 36.9 Å². The summed E-state index contributed by atoms with van der Waals surface area (Å²) in [5, 5.41) is 22.2. The molecule has 3 atom stereocenters. The van der Waals surface area contributed by atoms with Gasteiger partial charge in [0.25, 0.3) is 5.91 Å². The lowest BCUT2D eigenvalue weighted by atomic mass is 9.79. The second kappa shape index (κ2) is 9.64. The van der Waals surface area contributed by atoms with Crippen molar-refractivity contribution in [2.75, 3.05) is 50.9 Å². The normalized spacial score (nSPS) is 25.3. The molecule has 36 heavy (non-hydrogen) atoms. The Bertz CT molecular complexity index is 1220. The van der Waals surface area contributed by atoms with Crippen LogP contribution in [0.4, 0.5) is 11.5 Å². The van der Waals surface area contributed by atoms with Crippen molar-refractivity contribution < 1.29 is 15.0 Å².